The first-order chi connectivity index (χ1) is 13.4. The molecule has 2 heteroatoms. The third-order valence-corrected chi connectivity index (χ3v) is 8.14. The third-order valence-electron chi connectivity index (χ3n) is 8.14. The Morgan fingerprint density at radius 3 is 2.18 bits per heavy atom. The molecule has 0 radical (unpaired) electrons. The van der Waals surface area contributed by atoms with Crippen LogP contribution >= 0.6 is 0 Å². The molecule has 3 fully saturated rings. The van der Waals surface area contributed by atoms with E-state index in [1.165, 1.54) is 71.0 Å². The minimum atomic E-state index is 0.468. The maximum atomic E-state index is 2.80. The number of piperazine rings is 1. The van der Waals surface area contributed by atoms with Crippen molar-refractivity contribution in [1.29, 1.82) is 0 Å². The number of para-hydroxylation sites is 1. The summed E-state index contributed by atoms with van der Waals surface area (Å²) in [4.78, 5) is 5.53. The Morgan fingerprint density at radius 1 is 0.857 bits per heavy atom. The Bertz CT molecular complexity index is 632. The van der Waals surface area contributed by atoms with Gasteiger partial charge in [-0.3, -0.25) is 4.90 Å². The van der Waals surface area contributed by atoms with Crippen LogP contribution in [0.4, 0.5) is 5.69 Å². The van der Waals surface area contributed by atoms with E-state index in [1.54, 1.807) is 11.3 Å². The van der Waals surface area contributed by atoms with Crippen molar-refractivity contribution in [2.45, 2.75) is 97.1 Å². The topological polar surface area (TPSA) is 6.48 Å². The Kier molecular flexibility index (Phi) is 6.06. The third kappa shape index (κ3) is 4.27. The molecule has 1 aromatic carbocycles. The SMILES string of the molecule is CC1CN(C2CCCC2)CCN1c1ccccc1C1CCC(C(C)(C)C)CC1. The first-order valence-corrected chi connectivity index (χ1v) is 12.0. The zero-order valence-corrected chi connectivity index (χ0v) is 18.8. The van der Waals surface area contributed by atoms with Crippen molar-refractivity contribution in [3.8, 4) is 0 Å². The van der Waals surface area contributed by atoms with E-state index in [4.69, 9.17) is 0 Å². The van der Waals surface area contributed by atoms with Gasteiger partial charge in [-0.15, -0.1) is 0 Å². The second-order valence-corrected chi connectivity index (χ2v) is 10.9. The molecular weight excluding hydrogens is 340 g/mol. The van der Waals surface area contributed by atoms with Crippen LogP contribution in [-0.4, -0.2) is 36.6 Å². The first-order valence-electron chi connectivity index (χ1n) is 12.0. The van der Waals surface area contributed by atoms with Crippen LogP contribution in [0.3, 0.4) is 0 Å². The van der Waals surface area contributed by atoms with E-state index in [2.05, 4.69) is 61.8 Å². The normalized spacial score (nSPS) is 30.7. The van der Waals surface area contributed by atoms with Crippen molar-refractivity contribution in [2.24, 2.45) is 11.3 Å². The summed E-state index contributed by atoms with van der Waals surface area (Å²) in [7, 11) is 0. The highest BCUT2D eigenvalue weighted by Gasteiger charge is 2.34. The summed E-state index contributed by atoms with van der Waals surface area (Å²) in [5, 5.41) is 0. The predicted octanol–water partition coefficient (Wildman–Crippen LogP) is 6.46. The van der Waals surface area contributed by atoms with Crippen molar-refractivity contribution >= 4 is 5.69 Å². The Hall–Kier alpha value is -1.02. The number of rotatable bonds is 3. The summed E-state index contributed by atoms with van der Waals surface area (Å²) in [6, 6.07) is 10.9. The second kappa shape index (κ2) is 8.38. The standard InChI is InChI=1S/C26H42N2/c1-20-19-27(23-9-5-6-10-23)17-18-28(20)25-12-8-7-11-24(25)21-13-15-22(16-14-21)26(2,3)4/h7-8,11-12,20-23H,5-6,9-10,13-19H2,1-4H3. The molecule has 28 heavy (non-hydrogen) atoms. The number of hydrogen-bond donors (Lipinski definition) is 0. The molecule has 4 rings (SSSR count). The van der Waals surface area contributed by atoms with Gasteiger partial charge in [-0.05, 0) is 74.3 Å². The molecule has 0 amide bonds. The van der Waals surface area contributed by atoms with Gasteiger partial charge >= 0.3 is 0 Å². The maximum absolute atomic E-state index is 2.80. The van der Waals surface area contributed by atoms with Gasteiger partial charge in [-0.25, -0.2) is 0 Å². The largest absolute Gasteiger partial charge is 0.366 e. The summed E-state index contributed by atoms with van der Waals surface area (Å²) >= 11 is 0. The number of hydrogen-bond acceptors (Lipinski definition) is 2. The van der Waals surface area contributed by atoms with Gasteiger partial charge in [0.05, 0.1) is 0 Å². The van der Waals surface area contributed by atoms with Gasteiger partial charge in [0.15, 0.2) is 0 Å². The fourth-order valence-electron chi connectivity index (χ4n) is 6.31. The molecule has 2 aliphatic carbocycles. The van der Waals surface area contributed by atoms with E-state index < -0.39 is 0 Å². The van der Waals surface area contributed by atoms with Crippen molar-refractivity contribution in [3.05, 3.63) is 29.8 Å². The van der Waals surface area contributed by atoms with Crippen molar-refractivity contribution in [3.63, 3.8) is 0 Å². The van der Waals surface area contributed by atoms with Crippen LogP contribution in [0.2, 0.25) is 0 Å². The average molecular weight is 383 g/mol. The summed E-state index contributed by atoms with van der Waals surface area (Å²) in [6.45, 7) is 13.4. The zero-order valence-electron chi connectivity index (χ0n) is 18.8. The smallest absolute Gasteiger partial charge is 0.0404 e. The van der Waals surface area contributed by atoms with Crippen LogP contribution in [-0.2, 0) is 0 Å². The first kappa shape index (κ1) is 20.3. The van der Waals surface area contributed by atoms with Crippen LogP contribution in [0, 0.1) is 11.3 Å². The molecule has 0 aromatic heterocycles. The predicted molar refractivity (Wildman–Crippen MR) is 121 cm³/mol. The van der Waals surface area contributed by atoms with Crippen LogP contribution in [0.25, 0.3) is 0 Å². The summed E-state index contributed by atoms with van der Waals surface area (Å²) in [6.07, 6.45) is 11.3. The fraction of sp³-hybridized carbons (Fsp3) is 0.769. The van der Waals surface area contributed by atoms with Gasteiger partial charge in [0.2, 0.25) is 0 Å². The molecule has 2 saturated carbocycles. The summed E-state index contributed by atoms with van der Waals surface area (Å²) < 4.78 is 0. The van der Waals surface area contributed by atoms with E-state index in [1.807, 2.05) is 0 Å². The lowest BCUT2D eigenvalue weighted by Crippen LogP contribution is -2.54. The molecule has 0 spiro atoms. The lowest BCUT2D eigenvalue weighted by Gasteiger charge is -2.45. The number of nitrogens with zero attached hydrogens (tertiary/aromatic N) is 2. The number of benzene rings is 1. The maximum Gasteiger partial charge on any atom is 0.0404 e. The Balaban J connectivity index is 1.45. The summed E-state index contributed by atoms with van der Waals surface area (Å²) in [5.74, 6) is 1.65. The monoisotopic (exact) mass is 382 g/mol. The summed E-state index contributed by atoms with van der Waals surface area (Å²) in [5.41, 5.74) is 3.64. The molecule has 0 bridgehead atoms. The molecule has 1 atom stereocenters. The van der Waals surface area contributed by atoms with E-state index in [0.717, 1.165) is 17.9 Å². The molecule has 156 valence electrons. The molecule has 1 saturated heterocycles. The molecular formula is C26H42N2. The van der Waals surface area contributed by atoms with Gasteiger partial charge in [-0.1, -0.05) is 51.8 Å². The molecule has 1 unspecified atom stereocenters. The van der Waals surface area contributed by atoms with E-state index in [-0.39, 0.29) is 0 Å². The minimum Gasteiger partial charge on any atom is -0.366 e. The van der Waals surface area contributed by atoms with Gasteiger partial charge in [0.1, 0.15) is 0 Å². The molecule has 2 nitrogen and oxygen atoms in total. The number of anilines is 1. The lowest BCUT2D eigenvalue weighted by molar-refractivity contribution is 0.164. The quantitative estimate of drug-likeness (QED) is 0.592. The molecule has 1 heterocycles. The van der Waals surface area contributed by atoms with Gasteiger partial charge < -0.3 is 4.90 Å². The molecule has 1 aliphatic heterocycles. The van der Waals surface area contributed by atoms with E-state index in [0.29, 0.717) is 11.5 Å². The van der Waals surface area contributed by atoms with Gasteiger partial charge in [-0.2, -0.15) is 0 Å². The van der Waals surface area contributed by atoms with Crippen LogP contribution in [0.5, 0.6) is 0 Å². The van der Waals surface area contributed by atoms with Crippen LogP contribution < -0.4 is 4.90 Å². The van der Waals surface area contributed by atoms with Gasteiger partial charge in [0.25, 0.3) is 0 Å². The van der Waals surface area contributed by atoms with Crippen molar-refractivity contribution in [2.75, 3.05) is 24.5 Å². The molecule has 3 aliphatic rings. The lowest BCUT2D eigenvalue weighted by atomic mass is 9.68. The van der Waals surface area contributed by atoms with Crippen LogP contribution in [0.15, 0.2) is 24.3 Å². The average Bonchev–Trinajstić information content (AvgIpc) is 3.22. The van der Waals surface area contributed by atoms with Crippen molar-refractivity contribution in [1.82, 2.24) is 4.90 Å². The zero-order chi connectivity index (χ0) is 19.7. The Labute approximate surface area is 173 Å². The van der Waals surface area contributed by atoms with E-state index in [9.17, 15) is 0 Å². The highest BCUT2D eigenvalue weighted by molar-refractivity contribution is 5.56. The van der Waals surface area contributed by atoms with Crippen molar-refractivity contribution < 1.29 is 0 Å². The van der Waals surface area contributed by atoms with E-state index >= 15 is 0 Å². The minimum absolute atomic E-state index is 0.468. The van der Waals surface area contributed by atoms with Crippen LogP contribution in [0.1, 0.15) is 90.5 Å². The fourth-order valence-corrected chi connectivity index (χ4v) is 6.31. The van der Waals surface area contributed by atoms with Gasteiger partial charge in [0, 0.05) is 37.4 Å². The molecule has 0 N–H and O–H groups in total. The highest BCUT2D eigenvalue weighted by Crippen LogP contribution is 2.45. The Morgan fingerprint density at radius 2 is 1.54 bits per heavy atom. The molecule has 1 aromatic rings. The highest BCUT2D eigenvalue weighted by atomic mass is 15.3. The second-order valence-electron chi connectivity index (χ2n) is 10.9.